The third-order valence-corrected chi connectivity index (χ3v) is 12.0. The molecule has 31 heavy (non-hydrogen) atoms. The minimum absolute atomic E-state index is 0.135. The van der Waals surface area contributed by atoms with Crippen LogP contribution >= 0.6 is 15.9 Å². The molecule has 0 N–H and O–H groups in total. The van der Waals surface area contributed by atoms with Gasteiger partial charge in [0.2, 0.25) is 0 Å². The highest BCUT2D eigenvalue weighted by Gasteiger charge is 2.61. The average molecular weight is 493 g/mol. The second-order valence-corrected chi connectivity index (χ2v) is 14.1. The van der Waals surface area contributed by atoms with Gasteiger partial charge in [-0.05, 0) is 109 Å². The fraction of sp³-hybridized carbons (Fsp3) is 1.00. The van der Waals surface area contributed by atoms with E-state index >= 15 is 0 Å². The lowest BCUT2D eigenvalue weighted by atomic mass is 9.44. The van der Waals surface area contributed by atoms with Gasteiger partial charge in [0.25, 0.3) is 0 Å². The maximum atomic E-state index is 9.12. The molecule has 0 amide bonds. The Morgan fingerprint density at radius 2 is 1.74 bits per heavy atom. The summed E-state index contributed by atoms with van der Waals surface area (Å²) < 4.78 is 0. The molecule has 0 radical (unpaired) electrons. The predicted octanol–water partition coefficient (Wildman–Crippen LogP) is 9.16. The van der Waals surface area contributed by atoms with E-state index in [1.54, 1.807) is 0 Å². The molecule has 0 saturated heterocycles. The van der Waals surface area contributed by atoms with E-state index in [0.29, 0.717) is 15.7 Å². The predicted molar refractivity (Wildman–Crippen MR) is 134 cm³/mol. The topological polar surface area (TPSA) is 48.8 Å². The number of rotatable bonds is 6. The van der Waals surface area contributed by atoms with E-state index in [0.717, 1.165) is 47.8 Å². The standard InChI is InChI=1S/C27H46BrN3/c1-17(2)7-6-8-18(3)21-11-12-22-20-10-9-19-15-24(28)25(30-31-29)16-27(19,5)23(20)13-14-26(21,22)4/h17-25H,6-16H2,1-5H3/t18-,19+,20+,21-,22+,23+,24+,25+,26-,27+/m1/s1. The van der Waals surface area contributed by atoms with Crippen LogP contribution in [0.15, 0.2) is 5.11 Å². The molecule has 0 aromatic heterocycles. The molecule has 3 nitrogen and oxygen atoms in total. The zero-order chi connectivity index (χ0) is 22.4. The first-order valence-electron chi connectivity index (χ1n) is 13.4. The Kier molecular flexibility index (Phi) is 7.11. The molecule has 0 heterocycles. The van der Waals surface area contributed by atoms with Crippen LogP contribution in [-0.4, -0.2) is 10.9 Å². The van der Waals surface area contributed by atoms with E-state index in [9.17, 15) is 0 Å². The first-order valence-corrected chi connectivity index (χ1v) is 14.3. The van der Waals surface area contributed by atoms with Crippen molar-refractivity contribution in [3.05, 3.63) is 10.4 Å². The number of azide groups is 1. The van der Waals surface area contributed by atoms with Gasteiger partial charge < -0.3 is 0 Å². The van der Waals surface area contributed by atoms with E-state index in [1.807, 2.05) is 0 Å². The van der Waals surface area contributed by atoms with Crippen LogP contribution in [0, 0.1) is 52.3 Å². The Labute approximate surface area is 199 Å². The molecule has 4 fully saturated rings. The van der Waals surface area contributed by atoms with Crippen molar-refractivity contribution in [2.45, 2.75) is 116 Å². The van der Waals surface area contributed by atoms with Gasteiger partial charge in [-0.15, -0.1) is 0 Å². The molecule has 4 aliphatic rings. The van der Waals surface area contributed by atoms with Gasteiger partial charge in [-0.25, -0.2) is 0 Å². The highest BCUT2D eigenvalue weighted by atomic mass is 79.9. The number of nitrogens with zero attached hydrogens (tertiary/aromatic N) is 3. The summed E-state index contributed by atoms with van der Waals surface area (Å²) >= 11 is 3.87. The monoisotopic (exact) mass is 491 g/mol. The van der Waals surface area contributed by atoms with Crippen molar-refractivity contribution < 1.29 is 0 Å². The Morgan fingerprint density at radius 3 is 2.45 bits per heavy atom. The van der Waals surface area contributed by atoms with Gasteiger partial charge in [0.05, 0.1) is 6.04 Å². The first kappa shape index (κ1) is 23.9. The maximum Gasteiger partial charge on any atom is 0.0504 e. The second kappa shape index (κ2) is 9.21. The molecule has 0 bridgehead atoms. The van der Waals surface area contributed by atoms with E-state index in [2.05, 4.69) is 60.6 Å². The lowest BCUT2D eigenvalue weighted by Gasteiger charge is -2.62. The fourth-order valence-corrected chi connectivity index (χ4v) is 10.2. The minimum atomic E-state index is 0.135. The molecule has 4 aliphatic carbocycles. The van der Waals surface area contributed by atoms with Crippen LogP contribution in [0.4, 0.5) is 0 Å². The molecule has 0 unspecified atom stereocenters. The molecule has 4 rings (SSSR count). The van der Waals surface area contributed by atoms with Crippen LogP contribution in [0.1, 0.15) is 105 Å². The van der Waals surface area contributed by atoms with Crippen molar-refractivity contribution in [2.24, 2.45) is 57.4 Å². The minimum Gasteiger partial charge on any atom is -0.0894 e. The summed E-state index contributed by atoms with van der Waals surface area (Å²) in [7, 11) is 0. The summed E-state index contributed by atoms with van der Waals surface area (Å²) in [6, 6.07) is 0.135. The highest BCUT2D eigenvalue weighted by molar-refractivity contribution is 9.09. The zero-order valence-corrected chi connectivity index (χ0v) is 22.3. The Bertz CT molecular complexity index is 688. The Hall–Kier alpha value is -0.210. The van der Waals surface area contributed by atoms with E-state index in [4.69, 9.17) is 5.53 Å². The van der Waals surface area contributed by atoms with E-state index in [-0.39, 0.29) is 6.04 Å². The van der Waals surface area contributed by atoms with Crippen LogP contribution < -0.4 is 0 Å². The van der Waals surface area contributed by atoms with E-state index < -0.39 is 0 Å². The number of hydrogen-bond donors (Lipinski definition) is 0. The van der Waals surface area contributed by atoms with Crippen molar-refractivity contribution in [3.63, 3.8) is 0 Å². The first-order chi connectivity index (χ1) is 14.7. The third-order valence-electron chi connectivity index (χ3n) is 11.0. The average Bonchev–Trinajstić information content (AvgIpc) is 3.06. The van der Waals surface area contributed by atoms with Gasteiger partial charge in [-0.2, -0.15) is 0 Å². The summed E-state index contributed by atoms with van der Waals surface area (Å²) in [5, 5.41) is 4.23. The number of hydrogen-bond acceptors (Lipinski definition) is 1. The summed E-state index contributed by atoms with van der Waals surface area (Å²) in [5.74, 6) is 6.15. The summed E-state index contributed by atoms with van der Waals surface area (Å²) in [6.07, 6.45) is 15.2. The molecule has 4 saturated carbocycles. The number of alkyl halides is 1. The third kappa shape index (κ3) is 4.23. The van der Waals surface area contributed by atoms with Crippen LogP contribution in [0.5, 0.6) is 0 Å². The lowest BCUT2D eigenvalue weighted by Crippen LogP contribution is -2.55. The molecule has 0 aromatic rings. The van der Waals surface area contributed by atoms with E-state index in [1.165, 1.54) is 64.2 Å². The van der Waals surface area contributed by atoms with Gasteiger partial charge in [-0.1, -0.05) is 74.9 Å². The van der Waals surface area contributed by atoms with Crippen LogP contribution in [-0.2, 0) is 0 Å². The van der Waals surface area contributed by atoms with Crippen molar-refractivity contribution in [1.29, 1.82) is 0 Å². The number of fused-ring (bicyclic) bond motifs is 5. The smallest absolute Gasteiger partial charge is 0.0504 e. The van der Waals surface area contributed by atoms with Crippen molar-refractivity contribution in [3.8, 4) is 0 Å². The van der Waals surface area contributed by atoms with Gasteiger partial charge in [0.15, 0.2) is 0 Å². The molecule has 176 valence electrons. The summed E-state index contributed by atoms with van der Waals surface area (Å²) in [6.45, 7) is 12.6. The van der Waals surface area contributed by atoms with Crippen molar-refractivity contribution in [2.75, 3.05) is 0 Å². The van der Waals surface area contributed by atoms with Gasteiger partial charge in [-0.3, -0.25) is 0 Å². The molecule has 0 spiro atoms. The molecular weight excluding hydrogens is 446 g/mol. The molecule has 10 atom stereocenters. The Morgan fingerprint density at radius 1 is 1.00 bits per heavy atom. The fourth-order valence-electron chi connectivity index (χ4n) is 9.45. The highest BCUT2D eigenvalue weighted by Crippen LogP contribution is 2.68. The SMILES string of the molecule is CC(C)CCC[C@@H](C)[C@H]1CC[C@H]2[C@@H]3CC[C@H]4C[C@H](Br)[C@@H](N=[N+]=[N-])C[C@]4(C)[C@H]3CC[C@]12C. The Balaban J connectivity index is 1.49. The van der Waals surface area contributed by atoms with Gasteiger partial charge in [0, 0.05) is 9.74 Å². The molecular formula is C27H46BrN3. The molecule has 4 heteroatoms. The van der Waals surface area contributed by atoms with Crippen LogP contribution in [0.25, 0.3) is 10.4 Å². The van der Waals surface area contributed by atoms with Crippen LogP contribution in [0.2, 0.25) is 0 Å². The van der Waals surface area contributed by atoms with Crippen LogP contribution in [0.3, 0.4) is 0 Å². The molecule has 0 aliphatic heterocycles. The maximum absolute atomic E-state index is 9.12. The lowest BCUT2D eigenvalue weighted by molar-refractivity contribution is -0.115. The largest absolute Gasteiger partial charge is 0.0894 e. The summed E-state index contributed by atoms with van der Waals surface area (Å²) in [5.41, 5.74) is 10.1. The molecule has 0 aromatic carbocycles. The van der Waals surface area contributed by atoms with Gasteiger partial charge >= 0.3 is 0 Å². The van der Waals surface area contributed by atoms with Crippen molar-refractivity contribution >= 4 is 15.9 Å². The zero-order valence-electron chi connectivity index (χ0n) is 20.7. The normalized spacial score (nSPS) is 47.8. The quantitative estimate of drug-likeness (QED) is 0.154. The van der Waals surface area contributed by atoms with Gasteiger partial charge in [0.1, 0.15) is 0 Å². The number of halogens is 1. The van der Waals surface area contributed by atoms with Crippen molar-refractivity contribution in [1.82, 2.24) is 0 Å². The second-order valence-electron chi connectivity index (χ2n) is 12.9. The summed E-state index contributed by atoms with van der Waals surface area (Å²) in [4.78, 5) is 3.58.